The summed E-state index contributed by atoms with van der Waals surface area (Å²) in [6.07, 6.45) is 4.01. The van der Waals surface area contributed by atoms with Crippen LogP contribution in [0.2, 0.25) is 5.02 Å². The van der Waals surface area contributed by atoms with E-state index in [0.717, 1.165) is 11.4 Å². The molecule has 1 aliphatic carbocycles. The molecule has 0 saturated heterocycles. The van der Waals surface area contributed by atoms with Crippen molar-refractivity contribution in [2.75, 3.05) is 0 Å². The molecule has 3 rings (SSSR count). The SMILES string of the molecule is Fc1ccc(Cn2ncnc2CNC2CC2)cc1Cl. The standard InChI is InChI=1S/C13H14ClFN4/c14-11-5-9(1-4-12(11)15)7-19-13(17-8-18-19)6-16-10-2-3-10/h1,4-5,8,10,16H,2-3,6-7H2. The fourth-order valence-electron chi connectivity index (χ4n) is 1.89. The Hall–Kier alpha value is -1.46. The molecule has 1 aliphatic rings. The molecule has 0 aliphatic heterocycles. The van der Waals surface area contributed by atoms with Crippen molar-refractivity contribution in [3.63, 3.8) is 0 Å². The lowest BCUT2D eigenvalue weighted by molar-refractivity contribution is 0.581. The van der Waals surface area contributed by atoms with E-state index >= 15 is 0 Å². The minimum atomic E-state index is -0.403. The normalized spacial score (nSPS) is 14.8. The van der Waals surface area contributed by atoms with Gasteiger partial charge >= 0.3 is 0 Å². The van der Waals surface area contributed by atoms with Crippen molar-refractivity contribution in [1.29, 1.82) is 0 Å². The lowest BCUT2D eigenvalue weighted by Crippen LogP contribution is -2.19. The number of rotatable bonds is 5. The number of hydrogen-bond acceptors (Lipinski definition) is 3. The number of hydrogen-bond donors (Lipinski definition) is 1. The molecule has 1 fully saturated rings. The lowest BCUT2D eigenvalue weighted by atomic mass is 10.2. The summed E-state index contributed by atoms with van der Waals surface area (Å²) in [5, 5.41) is 7.72. The molecular weight excluding hydrogens is 267 g/mol. The summed E-state index contributed by atoms with van der Waals surface area (Å²) in [5.41, 5.74) is 0.907. The van der Waals surface area contributed by atoms with Crippen LogP contribution in [0.4, 0.5) is 4.39 Å². The first-order chi connectivity index (χ1) is 9.22. The van der Waals surface area contributed by atoms with Gasteiger partial charge in [-0.1, -0.05) is 17.7 Å². The minimum Gasteiger partial charge on any atom is -0.307 e. The molecule has 2 aromatic rings. The summed E-state index contributed by atoms with van der Waals surface area (Å²) in [7, 11) is 0. The van der Waals surface area contributed by atoms with Gasteiger partial charge in [-0.3, -0.25) is 0 Å². The Bertz CT molecular complexity index is 580. The Balaban J connectivity index is 1.71. The second kappa shape index (κ2) is 5.27. The lowest BCUT2D eigenvalue weighted by Gasteiger charge is -2.07. The zero-order valence-electron chi connectivity index (χ0n) is 10.3. The largest absolute Gasteiger partial charge is 0.307 e. The van der Waals surface area contributed by atoms with Crippen LogP contribution in [0.25, 0.3) is 0 Å². The highest BCUT2D eigenvalue weighted by Crippen LogP contribution is 2.19. The van der Waals surface area contributed by atoms with Crippen molar-refractivity contribution in [2.45, 2.75) is 32.0 Å². The average Bonchev–Trinajstić information content (AvgIpc) is 3.12. The minimum absolute atomic E-state index is 0.135. The van der Waals surface area contributed by atoms with Crippen molar-refractivity contribution in [2.24, 2.45) is 0 Å². The first-order valence-electron chi connectivity index (χ1n) is 6.26. The molecule has 100 valence electrons. The number of nitrogens with one attached hydrogen (secondary N) is 1. The van der Waals surface area contributed by atoms with Gasteiger partial charge in [0, 0.05) is 6.04 Å². The third kappa shape index (κ3) is 3.11. The van der Waals surface area contributed by atoms with Crippen LogP contribution < -0.4 is 5.32 Å². The fourth-order valence-corrected chi connectivity index (χ4v) is 2.09. The molecule has 6 heteroatoms. The molecular formula is C13H14ClFN4. The van der Waals surface area contributed by atoms with E-state index in [0.29, 0.717) is 19.1 Å². The van der Waals surface area contributed by atoms with Crippen LogP contribution in [0.15, 0.2) is 24.5 Å². The summed E-state index contributed by atoms with van der Waals surface area (Å²) in [5.74, 6) is 0.479. The zero-order chi connectivity index (χ0) is 13.2. The number of nitrogens with zero attached hydrogens (tertiary/aromatic N) is 3. The maximum atomic E-state index is 13.1. The summed E-state index contributed by atoms with van der Waals surface area (Å²) in [4.78, 5) is 4.23. The predicted molar refractivity (Wildman–Crippen MR) is 70.4 cm³/mol. The molecule has 0 spiro atoms. The summed E-state index contributed by atoms with van der Waals surface area (Å²) in [6, 6.07) is 5.33. The van der Waals surface area contributed by atoms with Crippen LogP contribution in [0, 0.1) is 5.82 Å². The predicted octanol–water partition coefficient (Wildman–Crippen LogP) is 2.37. The van der Waals surface area contributed by atoms with Crippen molar-refractivity contribution < 1.29 is 4.39 Å². The van der Waals surface area contributed by atoms with Gasteiger partial charge in [-0.15, -0.1) is 0 Å². The van der Waals surface area contributed by atoms with Gasteiger partial charge in [-0.05, 0) is 30.5 Å². The molecule has 4 nitrogen and oxygen atoms in total. The topological polar surface area (TPSA) is 42.7 Å². The third-order valence-corrected chi connectivity index (χ3v) is 3.43. The van der Waals surface area contributed by atoms with Crippen molar-refractivity contribution in [1.82, 2.24) is 20.1 Å². The Labute approximate surface area is 115 Å². The highest BCUT2D eigenvalue weighted by atomic mass is 35.5. The van der Waals surface area contributed by atoms with Gasteiger partial charge in [0.05, 0.1) is 18.1 Å². The van der Waals surface area contributed by atoms with Gasteiger partial charge < -0.3 is 5.32 Å². The Morgan fingerprint density at radius 1 is 1.42 bits per heavy atom. The third-order valence-electron chi connectivity index (χ3n) is 3.14. The van der Waals surface area contributed by atoms with Crippen molar-refractivity contribution in [3.8, 4) is 0 Å². The van der Waals surface area contributed by atoms with E-state index < -0.39 is 5.82 Å². The van der Waals surface area contributed by atoms with Crippen molar-refractivity contribution in [3.05, 3.63) is 46.8 Å². The van der Waals surface area contributed by atoms with Crippen LogP contribution in [-0.4, -0.2) is 20.8 Å². The summed E-state index contributed by atoms with van der Waals surface area (Å²) >= 11 is 5.77. The summed E-state index contributed by atoms with van der Waals surface area (Å²) < 4.78 is 14.9. The number of halogens is 2. The van der Waals surface area contributed by atoms with E-state index in [4.69, 9.17) is 11.6 Å². The highest BCUT2D eigenvalue weighted by Gasteiger charge is 2.21. The quantitative estimate of drug-likeness (QED) is 0.914. The molecule has 19 heavy (non-hydrogen) atoms. The molecule has 0 atom stereocenters. The van der Waals surface area contributed by atoms with Gasteiger partial charge in [-0.2, -0.15) is 5.10 Å². The maximum Gasteiger partial charge on any atom is 0.141 e. The fraction of sp³-hybridized carbons (Fsp3) is 0.385. The van der Waals surface area contributed by atoms with Gasteiger partial charge in [0.15, 0.2) is 0 Å². The summed E-state index contributed by atoms with van der Waals surface area (Å²) in [6.45, 7) is 1.25. The molecule has 0 radical (unpaired) electrons. The number of aromatic nitrogens is 3. The first-order valence-corrected chi connectivity index (χ1v) is 6.64. The zero-order valence-corrected chi connectivity index (χ0v) is 11.1. The van der Waals surface area contributed by atoms with Crippen LogP contribution >= 0.6 is 11.6 Å². The van der Waals surface area contributed by atoms with Gasteiger partial charge in [-0.25, -0.2) is 14.1 Å². The Morgan fingerprint density at radius 2 is 2.26 bits per heavy atom. The maximum absolute atomic E-state index is 13.1. The van der Waals surface area contributed by atoms with Crippen LogP contribution in [-0.2, 0) is 13.1 Å². The molecule has 1 heterocycles. The molecule has 0 bridgehead atoms. The van der Waals surface area contributed by atoms with E-state index in [1.807, 2.05) is 0 Å². The molecule has 0 unspecified atom stereocenters. The molecule has 1 aromatic heterocycles. The van der Waals surface area contributed by atoms with E-state index in [2.05, 4.69) is 15.4 Å². The van der Waals surface area contributed by atoms with E-state index in [-0.39, 0.29) is 5.02 Å². The van der Waals surface area contributed by atoms with Crippen LogP contribution in [0.5, 0.6) is 0 Å². The van der Waals surface area contributed by atoms with E-state index in [1.54, 1.807) is 16.8 Å². The molecule has 0 amide bonds. The highest BCUT2D eigenvalue weighted by molar-refractivity contribution is 6.30. The average molecular weight is 281 g/mol. The van der Waals surface area contributed by atoms with Gasteiger partial charge in [0.25, 0.3) is 0 Å². The van der Waals surface area contributed by atoms with Crippen molar-refractivity contribution >= 4 is 11.6 Å². The smallest absolute Gasteiger partial charge is 0.141 e. The molecule has 1 N–H and O–H groups in total. The second-order valence-electron chi connectivity index (χ2n) is 4.74. The van der Waals surface area contributed by atoms with Crippen LogP contribution in [0.3, 0.4) is 0 Å². The number of benzene rings is 1. The van der Waals surface area contributed by atoms with E-state index in [9.17, 15) is 4.39 Å². The first kappa shape index (κ1) is 12.6. The van der Waals surface area contributed by atoms with Crippen LogP contribution in [0.1, 0.15) is 24.2 Å². The second-order valence-corrected chi connectivity index (χ2v) is 5.14. The Kier molecular flexibility index (Phi) is 3.48. The monoisotopic (exact) mass is 280 g/mol. The Morgan fingerprint density at radius 3 is 3.00 bits per heavy atom. The van der Waals surface area contributed by atoms with Gasteiger partial charge in [0.1, 0.15) is 18.0 Å². The van der Waals surface area contributed by atoms with E-state index in [1.165, 1.54) is 25.2 Å². The van der Waals surface area contributed by atoms with Gasteiger partial charge in [0.2, 0.25) is 0 Å². The molecule has 1 aromatic carbocycles. The molecule has 1 saturated carbocycles.